The highest BCUT2D eigenvalue weighted by molar-refractivity contribution is 9.10. The lowest BCUT2D eigenvalue weighted by atomic mass is 10.2. The van der Waals surface area contributed by atoms with Crippen molar-refractivity contribution in [1.82, 2.24) is 4.90 Å². The van der Waals surface area contributed by atoms with Gasteiger partial charge in [0.25, 0.3) is 17.1 Å². The zero-order valence-corrected chi connectivity index (χ0v) is 23.1. The Morgan fingerprint density at radius 1 is 1.05 bits per heavy atom. The number of benzene rings is 3. The number of carbonyl (C=O) groups excluding carboxylic acids is 3. The van der Waals surface area contributed by atoms with Crippen LogP contribution in [-0.2, 0) is 9.59 Å². The highest BCUT2D eigenvalue weighted by Crippen LogP contribution is 2.39. The van der Waals surface area contributed by atoms with Crippen LogP contribution in [-0.4, -0.2) is 48.8 Å². The molecule has 0 atom stereocenters. The number of aryl methyl sites for hydroxylation is 1. The van der Waals surface area contributed by atoms with Gasteiger partial charge >= 0.3 is 0 Å². The van der Waals surface area contributed by atoms with E-state index in [1.54, 1.807) is 24.3 Å². The molecule has 10 heteroatoms. The van der Waals surface area contributed by atoms with Gasteiger partial charge in [0, 0.05) is 5.69 Å². The van der Waals surface area contributed by atoms with E-state index in [9.17, 15) is 14.4 Å². The van der Waals surface area contributed by atoms with Gasteiger partial charge in [-0.05, 0) is 88.2 Å². The summed E-state index contributed by atoms with van der Waals surface area (Å²) in [4.78, 5) is 39.1. The molecule has 196 valence electrons. The first-order valence-electron chi connectivity index (χ1n) is 11.6. The van der Waals surface area contributed by atoms with Crippen LogP contribution in [0, 0.1) is 6.92 Å². The summed E-state index contributed by atoms with van der Waals surface area (Å²) in [5.41, 5.74) is 2.33. The van der Waals surface area contributed by atoms with Gasteiger partial charge in [0.15, 0.2) is 18.1 Å². The van der Waals surface area contributed by atoms with Gasteiger partial charge in [-0.15, -0.1) is 0 Å². The average molecular weight is 597 g/mol. The lowest BCUT2D eigenvalue weighted by Gasteiger charge is -2.14. The van der Waals surface area contributed by atoms with E-state index in [0.29, 0.717) is 33.0 Å². The number of imide groups is 1. The predicted octanol–water partition coefficient (Wildman–Crippen LogP) is 5.90. The molecule has 38 heavy (non-hydrogen) atoms. The summed E-state index contributed by atoms with van der Waals surface area (Å²) in [5.74, 6) is 0.667. The summed E-state index contributed by atoms with van der Waals surface area (Å²) in [6.45, 7) is 2.04. The lowest BCUT2D eigenvalue weighted by molar-refractivity contribution is -0.123. The van der Waals surface area contributed by atoms with Gasteiger partial charge in [-0.1, -0.05) is 30.3 Å². The van der Waals surface area contributed by atoms with Gasteiger partial charge in [-0.2, -0.15) is 0 Å². The normalized spacial score (nSPS) is 14.1. The van der Waals surface area contributed by atoms with Crippen molar-refractivity contribution in [2.45, 2.75) is 6.92 Å². The molecule has 8 nitrogen and oxygen atoms in total. The molecule has 4 rings (SSSR count). The summed E-state index contributed by atoms with van der Waals surface area (Å²) < 4.78 is 17.3. The van der Waals surface area contributed by atoms with Crippen molar-refractivity contribution >= 4 is 56.5 Å². The Morgan fingerprint density at radius 2 is 1.84 bits per heavy atom. The van der Waals surface area contributed by atoms with Gasteiger partial charge in [-0.3, -0.25) is 19.3 Å². The number of methoxy groups -OCH3 is 1. The first-order valence-corrected chi connectivity index (χ1v) is 13.2. The minimum atomic E-state index is -0.389. The zero-order valence-electron chi connectivity index (χ0n) is 20.7. The number of anilines is 1. The van der Waals surface area contributed by atoms with Gasteiger partial charge in [-0.25, -0.2) is 0 Å². The molecule has 0 radical (unpaired) electrons. The number of para-hydroxylation sites is 1. The van der Waals surface area contributed by atoms with Crippen LogP contribution < -0.4 is 19.5 Å². The Morgan fingerprint density at radius 3 is 2.58 bits per heavy atom. The summed E-state index contributed by atoms with van der Waals surface area (Å²) in [7, 11) is 1.48. The molecule has 0 spiro atoms. The SMILES string of the molecule is COc1cc(/C=C2\SC(=O)N(CCOc3ccccc3)C2=O)cc(Br)c1OCC(=O)Nc1cccc(C)c1. The first-order chi connectivity index (χ1) is 18.3. The molecule has 1 aliphatic rings. The summed E-state index contributed by atoms with van der Waals surface area (Å²) in [6.07, 6.45) is 1.62. The summed E-state index contributed by atoms with van der Waals surface area (Å²) in [6, 6.07) is 20.1. The monoisotopic (exact) mass is 596 g/mol. The Kier molecular flexibility index (Phi) is 9.09. The number of hydrogen-bond donors (Lipinski definition) is 1. The molecule has 1 heterocycles. The van der Waals surface area contributed by atoms with Crippen LogP contribution in [0.15, 0.2) is 76.1 Å². The van der Waals surface area contributed by atoms with Crippen molar-refractivity contribution < 1.29 is 28.6 Å². The van der Waals surface area contributed by atoms with Crippen molar-refractivity contribution in [2.75, 3.05) is 32.2 Å². The Balaban J connectivity index is 1.40. The van der Waals surface area contributed by atoms with Gasteiger partial charge < -0.3 is 19.5 Å². The van der Waals surface area contributed by atoms with Crippen LogP contribution in [0.25, 0.3) is 6.08 Å². The second kappa shape index (κ2) is 12.7. The van der Waals surface area contributed by atoms with Crippen LogP contribution in [0.5, 0.6) is 17.2 Å². The standard InChI is InChI=1S/C28H25BrN2O6S/c1-18-7-6-8-20(13-18)30-25(32)17-37-26-22(29)14-19(15-23(26)35-2)16-24-27(33)31(28(34)38-24)11-12-36-21-9-4-3-5-10-21/h3-10,13-16H,11-12,17H2,1-2H3,(H,30,32)/b24-16-. The van der Waals surface area contributed by atoms with Crippen LogP contribution >= 0.6 is 27.7 Å². The van der Waals surface area contributed by atoms with E-state index in [1.165, 1.54) is 7.11 Å². The summed E-state index contributed by atoms with van der Waals surface area (Å²) >= 11 is 4.32. The minimum Gasteiger partial charge on any atom is -0.493 e. The second-order valence-electron chi connectivity index (χ2n) is 8.24. The maximum Gasteiger partial charge on any atom is 0.293 e. The van der Waals surface area contributed by atoms with E-state index in [0.717, 1.165) is 22.2 Å². The molecule has 0 aromatic heterocycles. The largest absolute Gasteiger partial charge is 0.493 e. The number of amides is 3. The van der Waals surface area contributed by atoms with Crippen molar-refractivity contribution in [3.8, 4) is 17.2 Å². The fourth-order valence-corrected chi connectivity index (χ4v) is 5.08. The molecule has 0 bridgehead atoms. The number of rotatable bonds is 10. The van der Waals surface area contributed by atoms with Crippen molar-refractivity contribution in [1.29, 1.82) is 0 Å². The van der Waals surface area contributed by atoms with E-state index in [2.05, 4.69) is 21.2 Å². The Bertz CT molecular complexity index is 1380. The van der Waals surface area contributed by atoms with Crippen LogP contribution in [0.4, 0.5) is 10.5 Å². The van der Waals surface area contributed by atoms with E-state index < -0.39 is 0 Å². The third kappa shape index (κ3) is 6.96. The molecule has 1 aliphatic heterocycles. The molecule has 3 aromatic carbocycles. The number of halogens is 1. The molecule has 1 saturated heterocycles. The maximum atomic E-state index is 12.9. The highest BCUT2D eigenvalue weighted by Gasteiger charge is 2.35. The topological polar surface area (TPSA) is 94.2 Å². The number of nitrogens with one attached hydrogen (secondary N) is 1. The van der Waals surface area contributed by atoms with Crippen molar-refractivity contribution in [3.05, 3.63) is 87.2 Å². The number of ether oxygens (including phenoxy) is 3. The smallest absolute Gasteiger partial charge is 0.293 e. The lowest BCUT2D eigenvalue weighted by Crippen LogP contribution is -2.32. The third-order valence-electron chi connectivity index (χ3n) is 5.40. The Labute approximate surface area is 233 Å². The zero-order chi connectivity index (χ0) is 27.1. The third-order valence-corrected chi connectivity index (χ3v) is 6.90. The number of hydrogen-bond acceptors (Lipinski definition) is 7. The van der Waals surface area contributed by atoms with E-state index in [-0.39, 0.29) is 41.7 Å². The summed E-state index contributed by atoms with van der Waals surface area (Å²) in [5, 5.41) is 2.43. The van der Waals surface area contributed by atoms with E-state index in [1.807, 2.05) is 55.5 Å². The molecule has 0 saturated carbocycles. The fraction of sp³-hybridized carbons (Fsp3) is 0.179. The maximum absolute atomic E-state index is 12.9. The average Bonchev–Trinajstić information content (AvgIpc) is 3.15. The minimum absolute atomic E-state index is 0.140. The van der Waals surface area contributed by atoms with Crippen LogP contribution in [0.1, 0.15) is 11.1 Å². The molecule has 3 amide bonds. The second-order valence-corrected chi connectivity index (χ2v) is 10.1. The predicted molar refractivity (Wildman–Crippen MR) is 151 cm³/mol. The molecule has 0 unspecified atom stereocenters. The number of thioether (sulfide) groups is 1. The molecular weight excluding hydrogens is 572 g/mol. The quantitative estimate of drug-likeness (QED) is 0.291. The Hall–Kier alpha value is -3.76. The van der Waals surface area contributed by atoms with Crippen LogP contribution in [0.3, 0.4) is 0 Å². The van der Waals surface area contributed by atoms with Gasteiger partial charge in [0.1, 0.15) is 12.4 Å². The van der Waals surface area contributed by atoms with Crippen molar-refractivity contribution in [2.24, 2.45) is 0 Å². The molecule has 1 N–H and O–H groups in total. The van der Waals surface area contributed by atoms with E-state index >= 15 is 0 Å². The molecule has 0 aliphatic carbocycles. The van der Waals surface area contributed by atoms with Crippen LogP contribution in [0.2, 0.25) is 0 Å². The van der Waals surface area contributed by atoms with E-state index in [4.69, 9.17) is 14.2 Å². The van der Waals surface area contributed by atoms with Gasteiger partial charge in [0.05, 0.1) is 23.0 Å². The molecular formula is C28H25BrN2O6S. The number of nitrogens with zero attached hydrogens (tertiary/aromatic N) is 1. The first kappa shape index (κ1) is 27.3. The molecule has 3 aromatic rings. The fourth-order valence-electron chi connectivity index (χ4n) is 3.64. The highest BCUT2D eigenvalue weighted by atomic mass is 79.9. The molecule has 1 fully saturated rings. The number of carbonyl (C=O) groups is 3. The van der Waals surface area contributed by atoms with Crippen molar-refractivity contribution in [3.63, 3.8) is 0 Å². The van der Waals surface area contributed by atoms with Gasteiger partial charge in [0.2, 0.25) is 0 Å².